The van der Waals surface area contributed by atoms with Crippen molar-refractivity contribution in [2.45, 2.75) is 63.5 Å². The Morgan fingerprint density at radius 3 is 2.86 bits per heavy atom. The predicted octanol–water partition coefficient (Wildman–Crippen LogP) is 5.04. The van der Waals surface area contributed by atoms with Gasteiger partial charge >= 0.3 is 0 Å². The van der Waals surface area contributed by atoms with Crippen molar-refractivity contribution in [2.75, 3.05) is 25.2 Å². The summed E-state index contributed by atoms with van der Waals surface area (Å²) >= 11 is 0. The van der Waals surface area contributed by atoms with Crippen LogP contribution in [0.4, 0.5) is 10.1 Å². The van der Waals surface area contributed by atoms with Gasteiger partial charge in [0.15, 0.2) is 5.78 Å². The van der Waals surface area contributed by atoms with Gasteiger partial charge in [0.2, 0.25) is 0 Å². The monoisotopic (exact) mass is 490 g/mol. The van der Waals surface area contributed by atoms with Crippen molar-refractivity contribution in [3.05, 3.63) is 65.4 Å². The summed E-state index contributed by atoms with van der Waals surface area (Å²) in [5.74, 6) is 0.404. The van der Waals surface area contributed by atoms with E-state index in [9.17, 15) is 9.18 Å². The molecule has 5 rings (SSSR count). The first kappa shape index (κ1) is 24.8. The lowest BCUT2D eigenvalue weighted by Gasteiger charge is -2.32. The summed E-state index contributed by atoms with van der Waals surface area (Å²) in [6, 6.07) is 7.15. The van der Waals surface area contributed by atoms with Gasteiger partial charge in [-0.25, -0.2) is 4.39 Å². The van der Waals surface area contributed by atoms with Crippen LogP contribution in [0.15, 0.2) is 42.9 Å². The summed E-state index contributed by atoms with van der Waals surface area (Å²) in [6.07, 6.45) is 10.5. The topological polar surface area (TPSA) is 81.3 Å². The molecule has 7 heteroatoms. The second-order valence-corrected chi connectivity index (χ2v) is 10.6. The van der Waals surface area contributed by atoms with Crippen LogP contribution in [-0.2, 0) is 11.2 Å². The Bertz CT molecular complexity index is 1230. The first-order valence-corrected chi connectivity index (χ1v) is 13.0. The molecule has 1 saturated carbocycles. The largest absolute Gasteiger partial charge is 0.379 e. The van der Waals surface area contributed by atoms with E-state index < -0.39 is 0 Å². The third-order valence-electron chi connectivity index (χ3n) is 7.89. The lowest BCUT2D eigenvalue weighted by Crippen LogP contribution is -2.38. The van der Waals surface area contributed by atoms with Crippen molar-refractivity contribution in [2.24, 2.45) is 11.7 Å². The second-order valence-electron chi connectivity index (χ2n) is 10.6. The number of pyridine rings is 2. The Morgan fingerprint density at radius 1 is 1.22 bits per heavy atom. The smallest absolute Gasteiger partial charge is 0.169 e. The predicted molar refractivity (Wildman–Crippen MR) is 140 cm³/mol. The van der Waals surface area contributed by atoms with Crippen molar-refractivity contribution >= 4 is 22.4 Å². The van der Waals surface area contributed by atoms with Gasteiger partial charge in [-0.3, -0.25) is 14.8 Å². The lowest BCUT2D eigenvalue weighted by molar-refractivity contribution is 0.0807. The van der Waals surface area contributed by atoms with Gasteiger partial charge in [-0.15, -0.1) is 0 Å². The van der Waals surface area contributed by atoms with Crippen LogP contribution in [0.1, 0.15) is 66.4 Å². The Labute approximate surface area is 212 Å². The van der Waals surface area contributed by atoms with Crippen molar-refractivity contribution in [1.29, 1.82) is 0 Å². The van der Waals surface area contributed by atoms with Gasteiger partial charge in [-0.2, -0.15) is 0 Å². The molecule has 6 nitrogen and oxygen atoms in total. The fourth-order valence-corrected chi connectivity index (χ4v) is 6.00. The molecule has 1 aliphatic carbocycles. The van der Waals surface area contributed by atoms with Crippen LogP contribution in [0.25, 0.3) is 10.9 Å². The van der Waals surface area contributed by atoms with E-state index in [1.54, 1.807) is 30.7 Å². The Balaban J connectivity index is 1.42. The van der Waals surface area contributed by atoms with Gasteiger partial charge in [0.25, 0.3) is 0 Å². The SMILES string of the molecule is C[C@@H]1C[C@H](N)C[C@H](c2ccncc2CC(=O)c2ccc(F)c3cc(N(C)C4CCCOC4)cnc23)C1. The normalized spacial score (nSPS) is 24.6. The molecule has 0 spiro atoms. The molecule has 1 aliphatic heterocycles. The number of nitrogens with two attached hydrogens (primary N) is 1. The van der Waals surface area contributed by atoms with E-state index in [2.05, 4.69) is 21.8 Å². The summed E-state index contributed by atoms with van der Waals surface area (Å²) in [5.41, 5.74) is 10.0. The number of Topliss-reactive ketones (excluding diaryl/α,β-unsaturated/α-hetero) is 1. The minimum atomic E-state index is -0.378. The molecular formula is C29H35FN4O2. The van der Waals surface area contributed by atoms with Gasteiger partial charge in [-0.1, -0.05) is 6.92 Å². The van der Waals surface area contributed by atoms with E-state index in [-0.39, 0.29) is 30.1 Å². The molecule has 3 aromatic rings. The maximum Gasteiger partial charge on any atom is 0.169 e. The van der Waals surface area contributed by atoms with Crippen LogP contribution in [0.3, 0.4) is 0 Å². The van der Waals surface area contributed by atoms with Crippen LogP contribution in [0, 0.1) is 11.7 Å². The molecule has 190 valence electrons. The van der Waals surface area contributed by atoms with Gasteiger partial charge in [-0.05, 0) is 79.3 Å². The Morgan fingerprint density at radius 2 is 2.08 bits per heavy atom. The van der Waals surface area contributed by atoms with Crippen molar-refractivity contribution in [3.63, 3.8) is 0 Å². The first-order valence-electron chi connectivity index (χ1n) is 13.0. The summed E-state index contributed by atoms with van der Waals surface area (Å²) in [7, 11) is 1.98. The molecular weight excluding hydrogens is 455 g/mol. The fourth-order valence-electron chi connectivity index (χ4n) is 6.00. The number of hydrogen-bond donors (Lipinski definition) is 1. The van der Waals surface area contributed by atoms with E-state index in [0.717, 1.165) is 55.5 Å². The van der Waals surface area contributed by atoms with E-state index in [4.69, 9.17) is 10.5 Å². The number of anilines is 1. The zero-order valence-electron chi connectivity index (χ0n) is 21.1. The van der Waals surface area contributed by atoms with Crippen LogP contribution < -0.4 is 10.6 Å². The average Bonchev–Trinajstić information content (AvgIpc) is 2.88. The zero-order chi connectivity index (χ0) is 25.2. The molecule has 2 aliphatic rings. The highest BCUT2D eigenvalue weighted by molar-refractivity contribution is 6.08. The molecule has 2 N–H and O–H groups in total. The quantitative estimate of drug-likeness (QED) is 0.488. The maximum atomic E-state index is 14.9. The summed E-state index contributed by atoms with van der Waals surface area (Å²) < 4.78 is 20.5. The van der Waals surface area contributed by atoms with E-state index in [1.807, 2.05) is 13.1 Å². The molecule has 1 saturated heterocycles. The minimum absolute atomic E-state index is 0.0864. The van der Waals surface area contributed by atoms with E-state index >= 15 is 0 Å². The van der Waals surface area contributed by atoms with Crippen LogP contribution >= 0.6 is 0 Å². The molecule has 2 fully saturated rings. The van der Waals surface area contributed by atoms with E-state index in [0.29, 0.717) is 34.9 Å². The highest BCUT2D eigenvalue weighted by atomic mass is 19.1. The fraction of sp³-hybridized carbons (Fsp3) is 0.483. The Hall–Kier alpha value is -2.90. The number of likely N-dealkylation sites (N-methyl/N-ethyl adjacent to an activating group) is 1. The number of benzene rings is 1. The standard InChI is InChI=1S/C29H35FN4O2/c1-18-10-19(12-21(31)11-18)24-7-8-32-15-20(24)13-28(35)25-5-6-27(30)26-14-23(16-33-29(25)26)34(2)22-4-3-9-36-17-22/h5-8,14-16,18-19,21-22H,3-4,9-13,17,31H2,1-2H3/t18-,19+,21-,22?/m0/s1. The molecule has 3 heterocycles. The molecule has 0 amide bonds. The number of carbonyl (C=O) groups excluding carboxylic acids is 1. The maximum absolute atomic E-state index is 14.9. The number of ether oxygens (including phenoxy) is 1. The van der Waals surface area contributed by atoms with Crippen molar-refractivity contribution < 1.29 is 13.9 Å². The Kier molecular flexibility index (Phi) is 7.30. The summed E-state index contributed by atoms with van der Waals surface area (Å²) in [4.78, 5) is 24.5. The summed E-state index contributed by atoms with van der Waals surface area (Å²) in [6.45, 7) is 3.67. The van der Waals surface area contributed by atoms with Gasteiger partial charge in [0, 0.05) is 49.5 Å². The summed E-state index contributed by atoms with van der Waals surface area (Å²) in [5, 5.41) is 0.361. The number of carbonyl (C=O) groups is 1. The first-order chi connectivity index (χ1) is 17.4. The van der Waals surface area contributed by atoms with Gasteiger partial charge < -0.3 is 15.4 Å². The number of aromatic nitrogens is 2. The van der Waals surface area contributed by atoms with Crippen molar-refractivity contribution in [1.82, 2.24) is 9.97 Å². The average molecular weight is 491 g/mol. The number of fused-ring (bicyclic) bond motifs is 1. The highest BCUT2D eigenvalue weighted by Gasteiger charge is 2.28. The molecule has 0 radical (unpaired) electrons. The second kappa shape index (κ2) is 10.6. The molecule has 36 heavy (non-hydrogen) atoms. The van der Waals surface area contributed by atoms with Gasteiger partial charge in [0.05, 0.1) is 30.0 Å². The number of ketones is 1. The number of nitrogens with zero attached hydrogens (tertiary/aromatic N) is 3. The van der Waals surface area contributed by atoms with Gasteiger partial charge in [0.1, 0.15) is 5.82 Å². The lowest BCUT2D eigenvalue weighted by atomic mass is 9.75. The number of hydrogen-bond acceptors (Lipinski definition) is 6. The number of halogens is 1. The molecule has 4 atom stereocenters. The zero-order valence-corrected chi connectivity index (χ0v) is 21.1. The van der Waals surface area contributed by atoms with Crippen LogP contribution in [-0.4, -0.2) is 48.1 Å². The molecule has 1 unspecified atom stereocenters. The van der Waals surface area contributed by atoms with E-state index in [1.165, 1.54) is 6.07 Å². The number of rotatable bonds is 6. The molecule has 0 bridgehead atoms. The van der Waals surface area contributed by atoms with Crippen LogP contribution in [0.5, 0.6) is 0 Å². The molecule has 1 aromatic carbocycles. The highest BCUT2D eigenvalue weighted by Crippen LogP contribution is 2.37. The van der Waals surface area contributed by atoms with Crippen LogP contribution in [0.2, 0.25) is 0 Å². The minimum Gasteiger partial charge on any atom is -0.379 e. The third-order valence-corrected chi connectivity index (χ3v) is 7.89. The molecule has 2 aromatic heterocycles. The third kappa shape index (κ3) is 5.13. The van der Waals surface area contributed by atoms with Crippen molar-refractivity contribution in [3.8, 4) is 0 Å².